The topological polar surface area (TPSA) is 73.9 Å². The van der Waals surface area contributed by atoms with Crippen LogP contribution in [0.3, 0.4) is 0 Å². The molecule has 1 unspecified atom stereocenters. The minimum Gasteiger partial charge on any atom is -0.493 e. The number of nitrogens with one attached hydrogen (secondary N) is 1. The van der Waals surface area contributed by atoms with Crippen molar-refractivity contribution in [3.63, 3.8) is 0 Å². The molecule has 1 aliphatic heterocycles. The van der Waals surface area contributed by atoms with E-state index in [1.807, 2.05) is 32.0 Å². The maximum Gasteiger partial charge on any atom is 0.337 e. The molecular weight excluding hydrogens is 418 g/mol. The van der Waals surface area contributed by atoms with Gasteiger partial charge in [0.15, 0.2) is 17.3 Å². The van der Waals surface area contributed by atoms with Crippen LogP contribution in [0.2, 0.25) is 0 Å². The summed E-state index contributed by atoms with van der Waals surface area (Å²) in [6.07, 6.45) is 5.10. The molecule has 33 heavy (non-hydrogen) atoms. The van der Waals surface area contributed by atoms with Crippen LogP contribution in [0.1, 0.15) is 77.7 Å². The van der Waals surface area contributed by atoms with Crippen LogP contribution in [0.5, 0.6) is 11.5 Å². The number of rotatable bonds is 6. The van der Waals surface area contributed by atoms with Crippen molar-refractivity contribution in [3.8, 4) is 11.5 Å². The summed E-state index contributed by atoms with van der Waals surface area (Å²) in [5.74, 6) is 0.459. The highest BCUT2D eigenvalue weighted by molar-refractivity contribution is 6.04. The molecule has 1 fully saturated rings. The molecule has 1 saturated carbocycles. The van der Waals surface area contributed by atoms with Crippen molar-refractivity contribution in [1.29, 1.82) is 0 Å². The first-order valence-corrected chi connectivity index (χ1v) is 12.0. The van der Waals surface area contributed by atoms with Crippen molar-refractivity contribution in [2.24, 2.45) is 5.41 Å². The first-order chi connectivity index (χ1) is 15.7. The quantitative estimate of drug-likeness (QED) is 0.598. The second-order valence-electron chi connectivity index (χ2n) is 10.1. The van der Waals surface area contributed by atoms with Gasteiger partial charge in [-0.05, 0) is 69.1 Å². The number of carbonyl (C=O) groups excluding carboxylic acids is 2. The summed E-state index contributed by atoms with van der Waals surface area (Å²) < 4.78 is 17.2. The number of Topliss-reactive ketones (excluding diaryl/α,β-unsaturated/α-hetero) is 1. The predicted octanol–water partition coefficient (Wildman–Crippen LogP) is 5.18. The summed E-state index contributed by atoms with van der Waals surface area (Å²) in [4.78, 5) is 26.9. The van der Waals surface area contributed by atoms with E-state index < -0.39 is 5.92 Å². The first kappa shape index (κ1) is 23.4. The van der Waals surface area contributed by atoms with Crippen LogP contribution in [0.15, 0.2) is 40.7 Å². The van der Waals surface area contributed by atoms with Gasteiger partial charge in [0.25, 0.3) is 0 Å². The molecule has 0 spiro atoms. The zero-order valence-electron chi connectivity index (χ0n) is 20.4. The average Bonchev–Trinajstić information content (AvgIpc) is 3.25. The molecule has 3 aliphatic rings. The predicted molar refractivity (Wildman–Crippen MR) is 126 cm³/mol. The molecule has 1 aromatic rings. The van der Waals surface area contributed by atoms with Gasteiger partial charge in [0.1, 0.15) is 6.10 Å². The SMILES string of the molecule is CCOc1ccc(C2C(C(=O)OC3CCCC3)=C(C)NC3=C2C(=O)CC(C)(C)C3)cc1OC. The average molecular weight is 454 g/mol. The van der Waals surface area contributed by atoms with Crippen LogP contribution in [-0.2, 0) is 14.3 Å². The number of benzene rings is 1. The Morgan fingerprint density at radius 3 is 2.55 bits per heavy atom. The molecule has 1 aromatic carbocycles. The van der Waals surface area contributed by atoms with Crippen LogP contribution < -0.4 is 14.8 Å². The molecule has 0 radical (unpaired) electrons. The Kier molecular flexibility index (Phi) is 6.55. The molecular formula is C27H35NO5. The third-order valence-electron chi connectivity index (χ3n) is 6.86. The Morgan fingerprint density at radius 2 is 1.88 bits per heavy atom. The highest BCUT2D eigenvalue weighted by Crippen LogP contribution is 2.48. The van der Waals surface area contributed by atoms with Gasteiger partial charge < -0.3 is 19.5 Å². The Bertz CT molecular complexity index is 1010. The number of allylic oxidation sites excluding steroid dienone is 3. The Morgan fingerprint density at radius 1 is 1.15 bits per heavy atom. The van der Waals surface area contributed by atoms with Gasteiger partial charge in [-0.3, -0.25) is 4.79 Å². The summed E-state index contributed by atoms with van der Waals surface area (Å²) >= 11 is 0. The van der Waals surface area contributed by atoms with Crippen molar-refractivity contribution in [2.75, 3.05) is 13.7 Å². The Balaban J connectivity index is 1.81. The van der Waals surface area contributed by atoms with Crippen LogP contribution >= 0.6 is 0 Å². The summed E-state index contributed by atoms with van der Waals surface area (Å²) in [7, 11) is 1.60. The molecule has 6 heteroatoms. The number of hydrogen-bond donors (Lipinski definition) is 1. The molecule has 1 heterocycles. The third-order valence-corrected chi connectivity index (χ3v) is 6.86. The zero-order valence-corrected chi connectivity index (χ0v) is 20.4. The molecule has 0 aromatic heterocycles. The fourth-order valence-corrected chi connectivity index (χ4v) is 5.40. The minimum absolute atomic E-state index is 0.0512. The van der Waals surface area contributed by atoms with Gasteiger partial charge in [-0.15, -0.1) is 0 Å². The van der Waals surface area contributed by atoms with Crippen LogP contribution in [0.4, 0.5) is 0 Å². The van der Waals surface area contributed by atoms with Gasteiger partial charge in [-0.25, -0.2) is 4.79 Å². The maximum absolute atomic E-state index is 13.5. The van der Waals surface area contributed by atoms with Gasteiger partial charge in [0.2, 0.25) is 0 Å². The van der Waals surface area contributed by atoms with Crippen LogP contribution in [0.25, 0.3) is 0 Å². The first-order valence-electron chi connectivity index (χ1n) is 12.0. The normalized spacial score (nSPS) is 22.7. The monoisotopic (exact) mass is 453 g/mol. The van der Waals surface area contributed by atoms with Crippen LogP contribution in [-0.4, -0.2) is 31.6 Å². The lowest BCUT2D eigenvalue weighted by Crippen LogP contribution is -2.39. The molecule has 1 N–H and O–H groups in total. The largest absolute Gasteiger partial charge is 0.493 e. The highest BCUT2D eigenvalue weighted by Gasteiger charge is 2.43. The fraction of sp³-hybridized carbons (Fsp3) is 0.556. The smallest absolute Gasteiger partial charge is 0.337 e. The Hall–Kier alpha value is -2.76. The molecule has 6 nitrogen and oxygen atoms in total. The van der Waals surface area contributed by atoms with Gasteiger partial charge in [-0.1, -0.05) is 19.9 Å². The number of ether oxygens (including phenoxy) is 3. The highest BCUT2D eigenvalue weighted by atomic mass is 16.5. The molecule has 1 atom stereocenters. The number of methoxy groups -OCH3 is 1. The van der Waals surface area contributed by atoms with Gasteiger partial charge in [0.05, 0.1) is 19.3 Å². The fourth-order valence-electron chi connectivity index (χ4n) is 5.40. The standard InChI is InChI=1S/C27H35NO5/c1-6-32-21-12-11-17(13-22(21)31-5)24-23(26(30)33-18-9-7-8-10-18)16(2)28-19-14-27(3,4)15-20(29)25(19)24/h11-13,18,24,28H,6-10,14-15H2,1-5H3. The molecule has 2 aliphatic carbocycles. The third kappa shape index (κ3) is 4.66. The number of hydrogen-bond acceptors (Lipinski definition) is 6. The van der Waals surface area contributed by atoms with E-state index in [0.29, 0.717) is 35.7 Å². The van der Waals surface area contributed by atoms with E-state index >= 15 is 0 Å². The second kappa shape index (κ2) is 9.24. The van der Waals surface area contributed by atoms with E-state index in [2.05, 4.69) is 19.2 Å². The van der Waals surface area contributed by atoms with E-state index in [1.54, 1.807) is 7.11 Å². The van der Waals surface area contributed by atoms with E-state index in [-0.39, 0.29) is 23.3 Å². The number of ketones is 1. The van der Waals surface area contributed by atoms with E-state index in [9.17, 15) is 9.59 Å². The van der Waals surface area contributed by atoms with E-state index in [4.69, 9.17) is 14.2 Å². The van der Waals surface area contributed by atoms with Crippen LogP contribution in [0, 0.1) is 5.41 Å². The molecule has 0 saturated heterocycles. The van der Waals surface area contributed by atoms with Crippen molar-refractivity contribution in [2.45, 2.75) is 78.2 Å². The van der Waals surface area contributed by atoms with Gasteiger partial charge in [-0.2, -0.15) is 0 Å². The molecule has 178 valence electrons. The molecule has 0 amide bonds. The van der Waals surface area contributed by atoms with E-state index in [0.717, 1.165) is 49.1 Å². The zero-order chi connectivity index (χ0) is 23.8. The summed E-state index contributed by atoms with van der Waals surface area (Å²) in [6, 6.07) is 5.67. The molecule has 0 bridgehead atoms. The summed E-state index contributed by atoms with van der Waals surface area (Å²) in [5.41, 5.74) is 3.54. The van der Waals surface area contributed by atoms with Crippen molar-refractivity contribution >= 4 is 11.8 Å². The number of dihydropyridines is 1. The van der Waals surface area contributed by atoms with Crippen molar-refractivity contribution in [1.82, 2.24) is 5.32 Å². The molecule has 4 rings (SSSR count). The second-order valence-corrected chi connectivity index (χ2v) is 10.1. The summed E-state index contributed by atoms with van der Waals surface area (Å²) in [6.45, 7) is 8.55. The van der Waals surface area contributed by atoms with Gasteiger partial charge >= 0.3 is 5.97 Å². The van der Waals surface area contributed by atoms with Crippen molar-refractivity contribution < 1.29 is 23.8 Å². The number of esters is 1. The lowest BCUT2D eigenvalue weighted by Gasteiger charge is -2.39. The maximum atomic E-state index is 13.5. The lowest BCUT2D eigenvalue weighted by atomic mass is 9.68. The number of carbonyl (C=O) groups is 2. The summed E-state index contributed by atoms with van der Waals surface area (Å²) in [5, 5.41) is 3.40. The Labute approximate surface area is 196 Å². The lowest BCUT2D eigenvalue weighted by molar-refractivity contribution is -0.144. The van der Waals surface area contributed by atoms with Gasteiger partial charge in [0, 0.05) is 29.3 Å². The minimum atomic E-state index is -0.497. The van der Waals surface area contributed by atoms with Crippen molar-refractivity contribution in [3.05, 3.63) is 46.3 Å². The van der Waals surface area contributed by atoms with E-state index in [1.165, 1.54) is 0 Å².